The molecule has 2 atom stereocenters. The Balaban J connectivity index is 1.99. The van der Waals surface area contributed by atoms with Gasteiger partial charge in [0, 0.05) is 16.2 Å². The summed E-state index contributed by atoms with van der Waals surface area (Å²) < 4.78 is 21.8. The van der Waals surface area contributed by atoms with Crippen molar-refractivity contribution in [1.82, 2.24) is 9.71 Å². The third kappa shape index (κ3) is 4.10. The van der Waals surface area contributed by atoms with Crippen LogP contribution in [0.2, 0.25) is 5.15 Å². The molecule has 0 bridgehead atoms. The van der Waals surface area contributed by atoms with Gasteiger partial charge in [-0.2, -0.15) is 0 Å². The molecule has 0 saturated carbocycles. The maximum atomic E-state index is 12.5. The van der Waals surface area contributed by atoms with Gasteiger partial charge >= 0.3 is 0 Å². The summed E-state index contributed by atoms with van der Waals surface area (Å²) in [6.07, 6.45) is 3.60. The number of nitrogens with one attached hydrogen (secondary N) is 1. The monoisotopic (exact) mass is 409 g/mol. The zero-order valence-corrected chi connectivity index (χ0v) is 17.8. The summed E-state index contributed by atoms with van der Waals surface area (Å²) in [5.41, 5.74) is 2.91. The Morgan fingerprint density at radius 1 is 1.42 bits per heavy atom. The van der Waals surface area contributed by atoms with Crippen LogP contribution in [-0.4, -0.2) is 14.3 Å². The van der Waals surface area contributed by atoms with Gasteiger partial charge in [0.2, 0.25) is 0 Å². The molecule has 0 aliphatic carbocycles. The molecule has 0 amide bonds. The van der Waals surface area contributed by atoms with Crippen LogP contribution in [0.1, 0.15) is 55.5 Å². The highest BCUT2D eigenvalue weighted by Gasteiger charge is 2.30. The van der Waals surface area contributed by atoms with Crippen molar-refractivity contribution in [2.24, 2.45) is 0 Å². The van der Waals surface area contributed by atoms with E-state index < -0.39 is 11.4 Å². The third-order valence-electron chi connectivity index (χ3n) is 3.98. The van der Waals surface area contributed by atoms with E-state index in [1.165, 1.54) is 0 Å². The molecule has 1 N–H and O–H groups in total. The van der Waals surface area contributed by atoms with Crippen LogP contribution in [-0.2, 0) is 11.4 Å². The van der Waals surface area contributed by atoms with E-state index in [0.717, 1.165) is 32.0 Å². The van der Waals surface area contributed by atoms with E-state index in [9.17, 15) is 4.55 Å². The van der Waals surface area contributed by atoms with Gasteiger partial charge in [-0.25, -0.2) is 4.98 Å². The van der Waals surface area contributed by atoms with Gasteiger partial charge in [-0.05, 0) is 63.9 Å². The lowest BCUT2D eigenvalue weighted by molar-refractivity contribution is 0.532. The second-order valence-electron chi connectivity index (χ2n) is 7.18. The largest absolute Gasteiger partial charge is 0.598 e. The third-order valence-corrected chi connectivity index (χ3v) is 7.37. The van der Waals surface area contributed by atoms with Crippen molar-refractivity contribution >= 4 is 44.5 Å². The Kier molecular flexibility index (Phi) is 5.70. The minimum Gasteiger partial charge on any atom is -0.598 e. The highest BCUT2D eigenvalue weighted by atomic mass is 35.5. The molecule has 0 aromatic carbocycles. The highest BCUT2D eigenvalue weighted by Crippen LogP contribution is 2.38. The minimum absolute atomic E-state index is 0.0514. The second kappa shape index (κ2) is 7.52. The standard InChI is InChI=1S/C19H22ClN2O2S2/c1-11-16-18(25-17(11)12(2)22-26(23)19(3,4)5)13(10-15(20)21-16)9-14-7-6-8-24-14/h6-10,12,22H,1-5H3/t12-,26?/m1/s1. The number of furan rings is 1. The van der Waals surface area contributed by atoms with E-state index in [4.69, 9.17) is 16.0 Å². The summed E-state index contributed by atoms with van der Waals surface area (Å²) in [4.78, 5) is 5.63. The van der Waals surface area contributed by atoms with Crippen LogP contribution >= 0.6 is 22.9 Å². The Morgan fingerprint density at radius 2 is 2.15 bits per heavy atom. The quantitative estimate of drug-likeness (QED) is 0.442. The smallest absolute Gasteiger partial charge is 0.136 e. The normalized spacial score (nSPS) is 14.7. The molecular formula is C19H22ClN2O2S2. The fourth-order valence-electron chi connectivity index (χ4n) is 2.62. The molecule has 1 unspecified atom stereocenters. The van der Waals surface area contributed by atoms with E-state index in [1.54, 1.807) is 17.6 Å². The van der Waals surface area contributed by atoms with Crippen LogP contribution in [0.25, 0.3) is 10.2 Å². The van der Waals surface area contributed by atoms with Crippen LogP contribution in [0.5, 0.6) is 0 Å². The Bertz CT molecular complexity index is 901. The number of hydrogen-bond acceptors (Lipinski definition) is 5. The molecule has 0 aliphatic rings. The van der Waals surface area contributed by atoms with Gasteiger partial charge in [-0.1, -0.05) is 11.6 Å². The molecule has 139 valence electrons. The molecule has 0 aliphatic heterocycles. The lowest BCUT2D eigenvalue weighted by atomic mass is 10.1. The highest BCUT2D eigenvalue weighted by molar-refractivity contribution is 7.90. The first kappa shape index (κ1) is 19.7. The Morgan fingerprint density at radius 3 is 2.77 bits per heavy atom. The van der Waals surface area contributed by atoms with Gasteiger partial charge < -0.3 is 8.97 Å². The van der Waals surface area contributed by atoms with Gasteiger partial charge in [0.1, 0.15) is 15.7 Å². The van der Waals surface area contributed by atoms with Crippen molar-refractivity contribution in [3.63, 3.8) is 0 Å². The van der Waals surface area contributed by atoms with Gasteiger partial charge in [-0.3, -0.25) is 0 Å². The molecule has 3 aromatic heterocycles. The fourth-order valence-corrected chi connectivity index (χ4v) is 4.93. The molecule has 0 fully saturated rings. The Labute approximate surface area is 166 Å². The van der Waals surface area contributed by atoms with Crippen LogP contribution in [0.15, 0.2) is 28.9 Å². The van der Waals surface area contributed by atoms with Crippen molar-refractivity contribution in [2.45, 2.75) is 45.4 Å². The van der Waals surface area contributed by atoms with E-state index in [1.807, 2.05) is 59.2 Å². The van der Waals surface area contributed by atoms with Gasteiger partial charge in [0.15, 0.2) is 0 Å². The Hall–Kier alpha value is -1.05. The first-order chi connectivity index (χ1) is 12.2. The topological polar surface area (TPSA) is 61.1 Å². The predicted molar refractivity (Wildman–Crippen MR) is 110 cm³/mol. The first-order valence-electron chi connectivity index (χ1n) is 8.32. The molecule has 3 heterocycles. The molecule has 26 heavy (non-hydrogen) atoms. The van der Waals surface area contributed by atoms with E-state index in [-0.39, 0.29) is 10.8 Å². The van der Waals surface area contributed by atoms with Crippen LogP contribution < -0.4 is 4.72 Å². The summed E-state index contributed by atoms with van der Waals surface area (Å²) in [5, 5.41) is 0.446. The number of aryl methyl sites for hydroxylation is 1. The van der Waals surface area contributed by atoms with Crippen molar-refractivity contribution in [1.29, 1.82) is 0 Å². The summed E-state index contributed by atoms with van der Waals surface area (Å²) in [7, 11) is 0. The number of fused-ring (bicyclic) bond motifs is 1. The maximum Gasteiger partial charge on any atom is 0.136 e. The van der Waals surface area contributed by atoms with Crippen molar-refractivity contribution in [2.75, 3.05) is 0 Å². The number of thiophene rings is 1. The summed E-state index contributed by atoms with van der Waals surface area (Å²) >= 11 is 6.75. The minimum atomic E-state index is -1.15. The molecule has 7 heteroatoms. The van der Waals surface area contributed by atoms with Gasteiger partial charge in [0.05, 0.1) is 28.9 Å². The number of aromatic nitrogens is 1. The lowest BCUT2D eigenvalue weighted by Gasteiger charge is -2.26. The zero-order chi connectivity index (χ0) is 19.1. The molecule has 0 saturated heterocycles. The average Bonchev–Trinajstić information content (AvgIpc) is 3.15. The van der Waals surface area contributed by atoms with Crippen LogP contribution in [0, 0.1) is 13.3 Å². The fraction of sp³-hybridized carbons (Fsp3) is 0.368. The summed E-state index contributed by atoms with van der Waals surface area (Å²) in [6.45, 7) is 9.93. The van der Waals surface area contributed by atoms with Gasteiger partial charge in [0.25, 0.3) is 0 Å². The average molecular weight is 410 g/mol. The van der Waals surface area contributed by atoms with Crippen molar-refractivity contribution in [3.8, 4) is 0 Å². The molecule has 3 rings (SSSR count). The second-order valence-corrected chi connectivity index (χ2v) is 10.6. The maximum absolute atomic E-state index is 12.5. The molecule has 4 nitrogen and oxygen atoms in total. The van der Waals surface area contributed by atoms with Crippen LogP contribution in [0.4, 0.5) is 0 Å². The first-order valence-corrected chi connectivity index (χ1v) is 10.7. The van der Waals surface area contributed by atoms with E-state index in [0.29, 0.717) is 5.15 Å². The van der Waals surface area contributed by atoms with E-state index in [2.05, 4.69) is 9.71 Å². The number of pyridine rings is 1. The predicted octanol–water partition coefficient (Wildman–Crippen LogP) is 5.56. The van der Waals surface area contributed by atoms with Crippen molar-refractivity contribution in [3.05, 3.63) is 57.8 Å². The molecular weight excluding hydrogens is 388 g/mol. The van der Waals surface area contributed by atoms with Crippen molar-refractivity contribution < 1.29 is 8.97 Å². The lowest BCUT2D eigenvalue weighted by Crippen LogP contribution is -2.40. The molecule has 1 radical (unpaired) electrons. The van der Waals surface area contributed by atoms with Gasteiger partial charge in [-0.15, -0.1) is 16.1 Å². The zero-order valence-electron chi connectivity index (χ0n) is 15.4. The number of halogens is 1. The number of nitrogens with zero attached hydrogens (tertiary/aromatic N) is 1. The SMILES string of the molecule is Cc1c([C@@H](C)N[S+]([O-])C(C)(C)C)sc2c([CH]c3ccco3)cc(Cl)nc12. The number of hydrogen-bond donors (Lipinski definition) is 1. The van der Waals surface area contributed by atoms with Crippen LogP contribution in [0.3, 0.4) is 0 Å². The molecule has 3 aromatic rings. The summed E-state index contributed by atoms with van der Waals surface area (Å²) in [5.74, 6) is 0.765. The number of rotatable bonds is 5. The molecule has 0 spiro atoms. The summed E-state index contributed by atoms with van der Waals surface area (Å²) in [6, 6.07) is 5.55. The van der Waals surface area contributed by atoms with E-state index >= 15 is 0 Å².